The van der Waals surface area contributed by atoms with Gasteiger partial charge in [-0.05, 0) is 26.2 Å². The van der Waals surface area contributed by atoms with E-state index in [9.17, 15) is 9.59 Å². The summed E-state index contributed by atoms with van der Waals surface area (Å²) in [6, 6.07) is 0. The third-order valence-electron chi connectivity index (χ3n) is 3.16. The van der Waals surface area contributed by atoms with E-state index in [0.29, 0.717) is 18.6 Å². The van der Waals surface area contributed by atoms with Gasteiger partial charge in [0.25, 0.3) is 0 Å². The molecule has 0 N–H and O–H groups in total. The van der Waals surface area contributed by atoms with Crippen LogP contribution < -0.4 is 0 Å². The minimum Gasteiger partial charge on any atom is -0.300 e. The summed E-state index contributed by atoms with van der Waals surface area (Å²) in [6.07, 6.45) is 5.00. The summed E-state index contributed by atoms with van der Waals surface area (Å²) in [4.78, 5) is 22.8. The molecule has 0 unspecified atom stereocenters. The van der Waals surface area contributed by atoms with Crippen LogP contribution >= 0.6 is 0 Å². The van der Waals surface area contributed by atoms with Gasteiger partial charge in [0.2, 0.25) is 0 Å². The Morgan fingerprint density at radius 1 is 1.46 bits per heavy atom. The van der Waals surface area contributed by atoms with Crippen molar-refractivity contribution < 1.29 is 9.59 Å². The fourth-order valence-corrected chi connectivity index (χ4v) is 2.32. The second-order valence-electron chi connectivity index (χ2n) is 4.14. The number of hydrogen-bond donors (Lipinski definition) is 0. The maximum atomic E-state index is 11.7. The molecule has 1 aliphatic carbocycles. The molecule has 0 aromatic carbocycles. The third kappa shape index (κ3) is 2.17. The largest absolute Gasteiger partial charge is 0.300 e. The van der Waals surface area contributed by atoms with Gasteiger partial charge in [-0.1, -0.05) is 13.3 Å². The van der Waals surface area contributed by atoms with Crippen LogP contribution in [0.15, 0.2) is 0 Å². The van der Waals surface area contributed by atoms with Crippen molar-refractivity contribution in [1.29, 1.82) is 0 Å². The van der Waals surface area contributed by atoms with Crippen molar-refractivity contribution in [1.82, 2.24) is 0 Å². The summed E-state index contributed by atoms with van der Waals surface area (Å²) < 4.78 is 0. The van der Waals surface area contributed by atoms with E-state index in [0.717, 1.165) is 25.7 Å². The van der Waals surface area contributed by atoms with Crippen molar-refractivity contribution in [2.45, 2.75) is 52.4 Å². The molecule has 1 aliphatic rings. The van der Waals surface area contributed by atoms with Gasteiger partial charge in [-0.25, -0.2) is 0 Å². The quantitative estimate of drug-likeness (QED) is 0.672. The first-order valence-electron chi connectivity index (χ1n) is 5.13. The minimum absolute atomic E-state index is 0.150. The molecule has 0 heterocycles. The highest BCUT2D eigenvalue weighted by molar-refractivity contribution is 5.90. The molecule has 0 radical (unpaired) electrons. The Bertz CT molecular complexity index is 220. The van der Waals surface area contributed by atoms with Crippen LogP contribution in [-0.2, 0) is 9.59 Å². The van der Waals surface area contributed by atoms with Gasteiger partial charge in [0.05, 0.1) is 0 Å². The molecule has 1 saturated carbocycles. The number of Topliss-reactive ketones (excluding diaryl/α,β-unsaturated/α-hetero) is 2. The SMILES string of the molecule is CC[C@]1(CC(C)=O)CCCCC1=O. The van der Waals surface area contributed by atoms with E-state index in [1.807, 2.05) is 6.92 Å². The molecule has 2 nitrogen and oxygen atoms in total. The Balaban J connectivity index is 2.76. The third-order valence-corrected chi connectivity index (χ3v) is 3.16. The zero-order chi connectivity index (χ0) is 9.90. The zero-order valence-corrected chi connectivity index (χ0v) is 8.56. The van der Waals surface area contributed by atoms with E-state index >= 15 is 0 Å². The van der Waals surface area contributed by atoms with Crippen LogP contribution in [0, 0.1) is 5.41 Å². The van der Waals surface area contributed by atoms with Gasteiger partial charge in [-0.3, -0.25) is 9.59 Å². The molecule has 1 rings (SSSR count). The topological polar surface area (TPSA) is 34.1 Å². The zero-order valence-electron chi connectivity index (χ0n) is 8.56. The smallest absolute Gasteiger partial charge is 0.139 e. The lowest BCUT2D eigenvalue weighted by molar-refractivity contribution is -0.136. The Labute approximate surface area is 79.7 Å². The van der Waals surface area contributed by atoms with Gasteiger partial charge in [-0.2, -0.15) is 0 Å². The molecule has 74 valence electrons. The highest BCUT2D eigenvalue weighted by Crippen LogP contribution is 2.39. The number of ketones is 2. The van der Waals surface area contributed by atoms with E-state index in [1.54, 1.807) is 6.92 Å². The fourth-order valence-electron chi connectivity index (χ4n) is 2.32. The molecule has 0 aromatic rings. The van der Waals surface area contributed by atoms with Crippen molar-refractivity contribution in [3.8, 4) is 0 Å². The monoisotopic (exact) mass is 182 g/mol. The van der Waals surface area contributed by atoms with Gasteiger partial charge in [-0.15, -0.1) is 0 Å². The first-order chi connectivity index (χ1) is 6.10. The van der Waals surface area contributed by atoms with E-state index in [-0.39, 0.29) is 11.2 Å². The van der Waals surface area contributed by atoms with Crippen LogP contribution in [0.2, 0.25) is 0 Å². The standard InChI is InChI=1S/C11H18O2/c1-3-11(8-9(2)12)7-5-4-6-10(11)13/h3-8H2,1-2H3/t11-/m1/s1. The lowest BCUT2D eigenvalue weighted by atomic mass is 9.68. The highest BCUT2D eigenvalue weighted by Gasteiger charge is 2.38. The molecule has 2 heteroatoms. The Morgan fingerprint density at radius 2 is 2.15 bits per heavy atom. The van der Waals surface area contributed by atoms with Gasteiger partial charge < -0.3 is 0 Å². The second-order valence-corrected chi connectivity index (χ2v) is 4.14. The van der Waals surface area contributed by atoms with Crippen LogP contribution in [0.1, 0.15) is 52.4 Å². The van der Waals surface area contributed by atoms with Crippen molar-refractivity contribution in [3.63, 3.8) is 0 Å². The first kappa shape index (κ1) is 10.4. The Hall–Kier alpha value is -0.660. The summed E-state index contributed by atoms with van der Waals surface area (Å²) in [7, 11) is 0. The number of carbonyl (C=O) groups excluding carboxylic acids is 2. The van der Waals surface area contributed by atoms with E-state index < -0.39 is 0 Å². The Morgan fingerprint density at radius 3 is 2.62 bits per heavy atom. The molecular weight excluding hydrogens is 164 g/mol. The lowest BCUT2D eigenvalue weighted by Crippen LogP contribution is -2.35. The van der Waals surface area contributed by atoms with Crippen molar-refractivity contribution in [3.05, 3.63) is 0 Å². The van der Waals surface area contributed by atoms with Gasteiger partial charge in [0.15, 0.2) is 0 Å². The molecule has 0 amide bonds. The fraction of sp³-hybridized carbons (Fsp3) is 0.818. The van der Waals surface area contributed by atoms with Crippen molar-refractivity contribution >= 4 is 11.6 Å². The summed E-state index contributed by atoms with van der Waals surface area (Å²) in [5.74, 6) is 0.466. The summed E-state index contributed by atoms with van der Waals surface area (Å²) >= 11 is 0. The van der Waals surface area contributed by atoms with Crippen LogP contribution in [0.25, 0.3) is 0 Å². The molecule has 0 aromatic heterocycles. The van der Waals surface area contributed by atoms with Gasteiger partial charge in [0.1, 0.15) is 11.6 Å². The second kappa shape index (κ2) is 4.03. The molecule has 1 fully saturated rings. The number of hydrogen-bond acceptors (Lipinski definition) is 2. The molecule has 0 spiro atoms. The summed E-state index contributed by atoms with van der Waals surface area (Å²) in [6.45, 7) is 3.60. The van der Waals surface area contributed by atoms with Crippen LogP contribution in [-0.4, -0.2) is 11.6 Å². The first-order valence-corrected chi connectivity index (χ1v) is 5.13. The van der Waals surface area contributed by atoms with E-state index in [2.05, 4.69) is 0 Å². The molecule has 0 saturated heterocycles. The normalized spacial score (nSPS) is 28.9. The maximum absolute atomic E-state index is 11.7. The van der Waals surface area contributed by atoms with E-state index in [4.69, 9.17) is 0 Å². The Kier molecular flexibility index (Phi) is 3.23. The van der Waals surface area contributed by atoms with Crippen LogP contribution in [0.3, 0.4) is 0 Å². The highest BCUT2D eigenvalue weighted by atomic mass is 16.1. The van der Waals surface area contributed by atoms with E-state index in [1.165, 1.54) is 0 Å². The average Bonchev–Trinajstić information content (AvgIpc) is 2.08. The van der Waals surface area contributed by atoms with Crippen LogP contribution in [0.5, 0.6) is 0 Å². The molecule has 1 atom stereocenters. The van der Waals surface area contributed by atoms with Crippen LogP contribution in [0.4, 0.5) is 0 Å². The molecule has 13 heavy (non-hydrogen) atoms. The van der Waals surface area contributed by atoms with Crippen molar-refractivity contribution in [2.24, 2.45) is 5.41 Å². The van der Waals surface area contributed by atoms with Crippen molar-refractivity contribution in [2.75, 3.05) is 0 Å². The summed E-state index contributed by atoms with van der Waals surface area (Å²) in [5.41, 5.74) is -0.288. The average molecular weight is 182 g/mol. The minimum atomic E-state index is -0.288. The molecule has 0 aliphatic heterocycles. The summed E-state index contributed by atoms with van der Waals surface area (Å²) in [5, 5.41) is 0. The molecule has 0 bridgehead atoms. The maximum Gasteiger partial charge on any atom is 0.139 e. The van der Waals surface area contributed by atoms with Gasteiger partial charge in [0, 0.05) is 18.3 Å². The lowest BCUT2D eigenvalue weighted by Gasteiger charge is -2.33. The predicted molar refractivity (Wildman–Crippen MR) is 51.5 cm³/mol. The number of rotatable bonds is 3. The predicted octanol–water partition coefficient (Wildman–Crippen LogP) is 2.51. The number of carbonyl (C=O) groups is 2. The molecular formula is C11H18O2. The van der Waals surface area contributed by atoms with Gasteiger partial charge >= 0.3 is 0 Å².